The summed E-state index contributed by atoms with van der Waals surface area (Å²) in [7, 11) is 0. The van der Waals surface area contributed by atoms with E-state index in [-0.39, 0.29) is 16.6 Å². The predicted octanol–water partition coefficient (Wildman–Crippen LogP) is 8.35. The number of nitrogens with zero attached hydrogens (tertiary/aromatic N) is 2. The minimum Gasteiger partial charge on any atom is -0.351 e. The van der Waals surface area contributed by atoms with Crippen molar-refractivity contribution in [1.29, 1.82) is 0 Å². The van der Waals surface area contributed by atoms with Crippen molar-refractivity contribution in [3.63, 3.8) is 0 Å². The number of aromatic nitrogens is 1. The van der Waals surface area contributed by atoms with E-state index in [1.54, 1.807) is 0 Å². The van der Waals surface area contributed by atoms with Crippen molar-refractivity contribution in [3.8, 4) is 0 Å². The van der Waals surface area contributed by atoms with Crippen LogP contribution in [-0.4, -0.2) is 17.3 Å². The second-order valence-electron chi connectivity index (χ2n) is 13.6. The lowest BCUT2D eigenvalue weighted by Gasteiger charge is -2.43. The summed E-state index contributed by atoms with van der Waals surface area (Å²) in [5.41, 5.74) is 6.04. The predicted molar refractivity (Wildman–Crippen MR) is 166 cm³/mol. The van der Waals surface area contributed by atoms with Crippen LogP contribution in [0.25, 0.3) is 0 Å². The van der Waals surface area contributed by atoms with Crippen LogP contribution in [0.4, 0.5) is 5.82 Å². The fourth-order valence-electron chi connectivity index (χ4n) is 5.85. The molecule has 4 aromatic rings. The molecule has 0 fully saturated rings. The van der Waals surface area contributed by atoms with Crippen molar-refractivity contribution in [2.45, 2.75) is 71.8 Å². The zero-order chi connectivity index (χ0) is 28.5. The molecule has 3 heteroatoms. The summed E-state index contributed by atoms with van der Waals surface area (Å²) < 4.78 is 0. The highest BCUT2D eigenvalue weighted by Crippen LogP contribution is 2.42. The first-order valence-corrected chi connectivity index (χ1v) is 14.4. The van der Waals surface area contributed by atoms with Crippen LogP contribution in [0.5, 0.6) is 0 Å². The third-order valence-electron chi connectivity index (χ3n) is 8.13. The van der Waals surface area contributed by atoms with Crippen molar-refractivity contribution < 1.29 is 4.79 Å². The van der Waals surface area contributed by atoms with Crippen LogP contribution in [0, 0.1) is 5.41 Å². The molecule has 0 atom stereocenters. The van der Waals surface area contributed by atoms with Crippen LogP contribution in [0.1, 0.15) is 79.8 Å². The average molecular weight is 531 g/mol. The minimum absolute atomic E-state index is 0.104. The van der Waals surface area contributed by atoms with Gasteiger partial charge in [0.05, 0.1) is 11.0 Å². The molecule has 2 heterocycles. The van der Waals surface area contributed by atoms with Gasteiger partial charge < -0.3 is 4.90 Å². The fraction of sp³-hybridized carbons (Fsp3) is 0.351. The summed E-state index contributed by atoms with van der Waals surface area (Å²) in [6.07, 6.45) is 1.36. The Morgan fingerprint density at radius 2 is 1.23 bits per heavy atom. The molecule has 3 aromatic carbocycles. The molecule has 1 aromatic heterocycles. The number of rotatable bonds is 6. The average Bonchev–Trinajstić information content (AvgIpc) is 2.92. The van der Waals surface area contributed by atoms with Gasteiger partial charge in [-0.25, -0.2) is 4.98 Å². The molecule has 0 amide bonds. The molecule has 0 bridgehead atoms. The fourth-order valence-corrected chi connectivity index (χ4v) is 5.85. The van der Waals surface area contributed by atoms with E-state index in [1.807, 2.05) is 24.3 Å². The van der Waals surface area contributed by atoms with Gasteiger partial charge in [-0.3, -0.25) is 4.79 Å². The van der Waals surface area contributed by atoms with E-state index in [0.29, 0.717) is 25.9 Å². The summed E-state index contributed by atoms with van der Waals surface area (Å²) in [5, 5.41) is 0. The van der Waals surface area contributed by atoms with Crippen LogP contribution in [0.3, 0.4) is 0 Å². The Hall–Kier alpha value is -3.72. The van der Waals surface area contributed by atoms with Gasteiger partial charge in [-0.05, 0) is 52.6 Å². The third-order valence-corrected chi connectivity index (χ3v) is 8.13. The number of pyridine rings is 1. The van der Waals surface area contributed by atoms with Crippen molar-refractivity contribution >= 4 is 11.6 Å². The number of benzene rings is 3. The topological polar surface area (TPSA) is 33.2 Å². The number of carbonyl (C=O) groups excluding carboxylic acids is 1. The standard InChI is InChI=1S/C37H42N2O/c1-35(2,3)30-19-17-29(18-20-30)25-39-26-37(23-27-13-9-7-10-14-27,24-28-15-11-8-12-16-28)33(40)31-21-22-32(36(4,5)6)38-34(31)39/h7-22H,23-26H2,1-6H3. The monoisotopic (exact) mass is 530 g/mol. The smallest absolute Gasteiger partial charge is 0.175 e. The lowest BCUT2D eigenvalue weighted by Crippen LogP contribution is -2.51. The van der Waals surface area contributed by atoms with Gasteiger partial charge in [-0.2, -0.15) is 0 Å². The van der Waals surface area contributed by atoms with E-state index < -0.39 is 5.41 Å². The molecule has 1 aliphatic heterocycles. The Labute approximate surface area is 240 Å². The summed E-state index contributed by atoms with van der Waals surface area (Å²) in [6, 6.07) is 34.0. The molecule has 0 aliphatic carbocycles. The largest absolute Gasteiger partial charge is 0.351 e. The van der Waals surface area contributed by atoms with Gasteiger partial charge in [0.25, 0.3) is 0 Å². The van der Waals surface area contributed by atoms with Crippen LogP contribution in [-0.2, 0) is 30.2 Å². The van der Waals surface area contributed by atoms with Crippen molar-refractivity contribution in [1.82, 2.24) is 4.98 Å². The molecule has 0 saturated heterocycles. The van der Waals surface area contributed by atoms with Gasteiger partial charge in [0.1, 0.15) is 5.82 Å². The van der Waals surface area contributed by atoms with Crippen LogP contribution >= 0.6 is 0 Å². The summed E-state index contributed by atoms with van der Waals surface area (Å²) in [6.45, 7) is 14.6. The highest BCUT2D eigenvalue weighted by atomic mass is 16.1. The van der Waals surface area contributed by atoms with E-state index in [2.05, 4.69) is 119 Å². The molecule has 1 aliphatic rings. The number of hydrogen-bond donors (Lipinski definition) is 0. The maximum Gasteiger partial charge on any atom is 0.175 e. The van der Waals surface area contributed by atoms with Gasteiger partial charge in [0.2, 0.25) is 0 Å². The molecule has 0 unspecified atom stereocenters. The number of ketones is 1. The first kappa shape index (κ1) is 27.8. The molecular formula is C37H42N2O. The number of fused-ring (bicyclic) bond motifs is 1. The Bertz CT molecular complexity index is 1420. The van der Waals surface area contributed by atoms with E-state index in [1.165, 1.54) is 22.3 Å². The Kier molecular flexibility index (Phi) is 7.44. The van der Waals surface area contributed by atoms with Crippen molar-refractivity contribution in [2.75, 3.05) is 11.4 Å². The molecule has 0 N–H and O–H groups in total. The lowest BCUT2D eigenvalue weighted by molar-refractivity contribution is 0.0781. The molecule has 3 nitrogen and oxygen atoms in total. The Morgan fingerprint density at radius 3 is 1.73 bits per heavy atom. The van der Waals surface area contributed by atoms with E-state index in [4.69, 9.17) is 4.98 Å². The van der Waals surface area contributed by atoms with Gasteiger partial charge in [-0.15, -0.1) is 0 Å². The first-order valence-electron chi connectivity index (χ1n) is 14.4. The Morgan fingerprint density at radius 1 is 0.675 bits per heavy atom. The number of hydrogen-bond acceptors (Lipinski definition) is 3. The number of anilines is 1. The number of Topliss-reactive ketones (excluding diaryl/α,β-unsaturated/α-hetero) is 1. The second-order valence-corrected chi connectivity index (χ2v) is 13.6. The third kappa shape index (κ3) is 5.89. The normalized spacial score (nSPS) is 15.2. The van der Waals surface area contributed by atoms with Crippen LogP contribution < -0.4 is 4.90 Å². The van der Waals surface area contributed by atoms with E-state index in [9.17, 15) is 4.79 Å². The van der Waals surface area contributed by atoms with Gasteiger partial charge >= 0.3 is 0 Å². The van der Waals surface area contributed by atoms with Gasteiger partial charge in [0, 0.05) is 24.2 Å². The molecular weight excluding hydrogens is 488 g/mol. The molecule has 0 saturated carbocycles. The second kappa shape index (κ2) is 10.7. The highest BCUT2D eigenvalue weighted by Gasteiger charge is 2.46. The maximum atomic E-state index is 14.6. The summed E-state index contributed by atoms with van der Waals surface area (Å²) >= 11 is 0. The Balaban J connectivity index is 1.62. The zero-order valence-electron chi connectivity index (χ0n) is 24.9. The van der Waals surface area contributed by atoms with Crippen LogP contribution in [0.15, 0.2) is 97.1 Å². The quantitative estimate of drug-likeness (QED) is 0.251. The van der Waals surface area contributed by atoms with Gasteiger partial charge in [-0.1, -0.05) is 126 Å². The minimum atomic E-state index is -0.605. The first-order chi connectivity index (χ1) is 18.9. The van der Waals surface area contributed by atoms with Crippen LogP contribution in [0.2, 0.25) is 0 Å². The molecule has 0 radical (unpaired) electrons. The van der Waals surface area contributed by atoms with Gasteiger partial charge in [0.15, 0.2) is 5.78 Å². The van der Waals surface area contributed by atoms with E-state index >= 15 is 0 Å². The molecule has 206 valence electrons. The van der Waals surface area contributed by atoms with Crippen molar-refractivity contribution in [2.24, 2.45) is 5.41 Å². The highest BCUT2D eigenvalue weighted by molar-refractivity contribution is 6.07. The SMILES string of the molecule is CC(C)(C)c1ccc(CN2CC(Cc3ccccc3)(Cc3ccccc3)C(=O)c3ccc(C(C)(C)C)nc32)cc1. The van der Waals surface area contributed by atoms with E-state index in [0.717, 1.165) is 17.1 Å². The zero-order valence-corrected chi connectivity index (χ0v) is 24.9. The summed E-state index contributed by atoms with van der Waals surface area (Å²) in [4.78, 5) is 22.1. The number of carbonyl (C=O) groups is 1. The summed E-state index contributed by atoms with van der Waals surface area (Å²) in [5.74, 6) is 1.01. The maximum absolute atomic E-state index is 14.6. The molecule has 5 rings (SSSR count). The van der Waals surface area contributed by atoms with Crippen molar-refractivity contribution in [3.05, 3.63) is 131 Å². The lowest BCUT2D eigenvalue weighted by atomic mass is 9.69. The molecule has 0 spiro atoms. The molecule has 40 heavy (non-hydrogen) atoms.